The molecule has 2 rings (SSSR count). The van der Waals surface area contributed by atoms with Crippen molar-refractivity contribution < 1.29 is 0 Å². The number of hydrogen-bond donors (Lipinski definition) is 1. The third-order valence-electron chi connectivity index (χ3n) is 2.43. The lowest BCUT2D eigenvalue weighted by molar-refractivity contribution is 0.834. The first-order chi connectivity index (χ1) is 7.16. The number of aromatic nitrogens is 3. The minimum absolute atomic E-state index is 0.109. The van der Waals surface area contributed by atoms with Gasteiger partial charge >= 0.3 is 0 Å². The molecule has 4 nitrogen and oxygen atoms in total. The van der Waals surface area contributed by atoms with Gasteiger partial charge in [0.15, 0.2) is 0 Å². The molecule has 0 aliphatic carbocycles. The van der Waals surface area contributed by atoms with Crippen LogP contribution in [0, 0.1) is 6.92 Å². The van der Waals surface area contributed by atoms with Gasteiger partial charge in [0.1, 0.15) is 0 Å². The molecule has 2 aromatic heterocycles. The molecule has 0 bridgehead atoms. The third-order valence-corrected chi connectivity index (χ3v) is 2.43. The van der Waals surface area contributed by atoms with E-state index in [9.17, 15) is 4.79 Å². The lowest BCUT2D eigenvalue weighted by atomic mass is 10.1. The Morgan fingerprint density at radius 2 is 2.33 bits per heavy atom. The van der Waals surface area contributed by atoms with Crippen molar-refractivity contribution >= 4 is 0 Å². The number of H-pyrrole nitrogens is 1. The molecule has 0 saturated carbocycles. The van der Waals surface area contributed by atoms with Gasteiger partial charge < -0.3 is 4.57 Å². The summed E-state index contributed by atoms with van der Waals surface area (Å²) in [6, 6.07) is 5.80. The van der Waals surface area contributed by atoms with Crippen LogP contribution in [0.4, 0.5) is 0 Å². The van der Waals surface area contributed by atoms with Crippen molar-refractivity contribution in [1.29, 1.82) is 0 Å². The molecule has 0 aromatic carbocycles. The molecule has 2 aromatic rings. The van der Waals surface area contributed by atoms with Gasteiger partial charge in [-0.2, -0.15) is 5.10 Å². The number of nitrogens with zero attached hydrogens (tertiary/aromatic N) is 2. The molecular weight excluding hydrogens is 190 g/mol. The highest BCUT2D eigenvalue weighted by Gasteiger charge is 2.04. The van der Waals surface area contributed by atoms with E-state index in [-0.39, 0.29) is 5.56 Å². The first-order valence-corrected chi connectivity index (χ1v) is 4.82. The SMILES string of the molecule is Cc1cc(Cc2cccn2C)c(=O)[nH]n1. The van der Waals surface area contributed by atoms with Crippen LogP contribution in [0.5, 0.6) is 0 Å². The number of hydrogen-bond acceptors (Lipinski definition) is 2. The second-order valence-electron chi connectivity index (χ2n) is 3.65. The van der Waals surface area contributed by atoms with Gasteiger partial charge in [-0.1, -0.05) is 0 Å². The highest BCUT2D eigenvalue weighted by atomic mass is 16.1. The molecule has 0 amide bonds. The Labute approximate surface area is 87.6 Å². The third kappa shape index (κ3) is 1.98. The van der Waals surface area contributed by atoms with Crippen LogP contribution in [0.25, 0.3) is 0 Å². The number of aromatic amines is 1. The van der Waals surface area contributed by atoms with Crippen LogP contribution in [0.2, 0.25) is 0 Å². The van der Waals surface area contributed by atoms with Gasteiger partial charge in [-0.05, 0) is 25.1 Å². The van der Waals surface area contributed by atoms with E-state index in [1.807, 2.05) is 42.9 Å². The van der Waals surface area contributed by atoms with E-state index in [2.05, 4.69) is 10.2 Å². The van der Waals surface area contributed by atoms with Gasteiger partial charge in [0.05, 0.1) is 5.69 Å². The van der Waals surface area contributed by atoms with Crippen LogP contribution < -0.4 is 5.56 Å². The van der Waals surface area contributed by atoms with Crippen LogP contribution in [0.15, 0.2) is 29.2 Å². The van der Waals surface area contributed by atoms with E-state index in [1.165, 1.54) is 0 Å². The Morgan fingerprint density at radius 1 is 1.53 bits per heavy atom. The Kier molecular flexibility index (Phi) is 2.41. The molecule has 1 N–H and O–H groups in total. The Hall–Kier alpha value is -1.84. The summed E-state index contributed by atoms with van der Waals surface area (Å²) in [7, 11) is 1.97. The minimum atomic E-state index is -0.109. The van der Waals surface area contributed by atoms with Crippen molar-refractivity contribution in [2.45, 2.75) is 13.3 Å². The van der Waals surface area contributed by atoms with Crippen LogP contribution in [-0.2, 0) is 13.5 Å². The van der Waals surface area contributed by atoms with Crippen molar-refractivity contribution in [3.8, 4) is 0 Å². The number of rotatable bonds is 2. The molecular formula is C11H13N3O. The van der Waals surface area contributed by atoms with Gasteiger partial charge in [0.25, 0.3) is 5.56 Å². The summed E-state index contributed by atoms with van der Waals surface area (Å²) in [5.41, 5.74) is 2.59. The summed E-state index contributed by atoms with van der Waals surface area (Å²) < 4.78 is 2.01. The molecule has 0 atom stereocenters. The molecule has 15 heavy (non-hydrogen) atoms. The highest BCUT2D eigenvalue weighted by molar-refractivity contribution is 5.20. The largest absolute Gasteiger partial charge is 0.354 e. The lowest BCUT2D eigenvalue weighted by Crippen LogP contribution is -2.15. The second-order valence-corrected chi connectivity index (χ2v) is 3.65. The fourth-order valence-electron chi connectivity index (χ4n) is 1.57. The summed E-state index contributed by atoms with van der Waals surface area (Å²) in [5.74, 6) is 0. The van der Waals surface area contributed by atoms with Crippen LogP contribution in [-0.4, -0.2) is 14.8 Å². The molecule has 4 heteroatoms. The van der Waals surface area contributed by atoms with E-state index in [0.717, 1.165) is 17.0 Å². The average molecular weight is 203 g/mol. The topological polar surface area (TPSA) is 50.7 Å². The zero-order valence-corrected chi connectivity index (χ0v) is 8.82. The maximum Gasteiger partial charge on any atom is 0.267 e. The summed E-state index contributed by atoms with van der Waals surface area (Å²) in [5, 5.41) is 6.33. The van der Waals surface area contributed by atoms with E-state index in [0.29, 0.717) is 6.42 Å². The van der Waals surface area contributed by atoms with Gasteiger partial charge in [-0.25, -0.2) is 5.10 Å². The van der Waals surface area contributed by atoms with Gasteiger partial charge in [0, 0.05) is 30.9 Å². The van der Waals surface area contributed by atoms with Crippen molar-refractivity contribution in [2.24, 2.45) is 7.05 Å². The fraction of sp³-hybridized carbons (Fsp3) is 0.273. The first kappa shape index (κ1) is 9.71. The fourth-order valence-corrected chi connectivity index (χ4v) is 1.57. The van der Waals surface area contributed by atoms with E-state index in [4.69, 9.17) is 0 Å². The van der Waals surface area contributed by atoms with Crippen LogP contribution >= 0.6 is 0 Å². The highest BCUT2D eigenvalue weighted by Crippen LogP contribution is 2.06. The van der Waals surface area contributed by atoms with Gasteiger partial charge in [0.2, 0.25) is 0 Å². The van der Waals surface area contributed by atoms with Crippen molar-refractivity contribution in [3.63, 3.8) is 0 Å². The van der Waals surface area contributed by atoms with Crippen LogP contribution in [0.1, 0.15) is 17.0 Å². The van der Waals surface area contributed by atoms with E-state index >= 15 is 0 Å². The molecule has 0 fully saturated rings. The number of nitrogens with one attached hydrogen (secondary N) is 1. The summed E-state index contributed by atoms with van der Waals surface area (Å²) in [4.78, 5) is 11.5. The molecule has 0 aliphatic rings. The van der Waals surface area contributed by atoms with Crippen molar-refractivity contribution in [2.75, 3.05) is 0 Å². The molecule has 0 saturated heterocycles. The standard InChI is InChI=1S/C11H13N3O/c1-8-6-9(11(15)13-12-8)7-10-4-3-5-14(10)2/h3-6H,7H2,1-2H3,(H,13,15). The molecule has 0 spiro atoms. The molecule has 2 heterocycles. The van der Waals surface area contributed by atoms with Crippen molar-refractivity contribution in [3.05, 3.63) is 51.7 Å². The maximum absolute atomic E-state index is 11.5. The van der Waals surface area contributed by atoms with E-state index in [1.54, 1.807) is 0 Å². The smallest absolute Gasteiger partial charge is 0.267 e. The predicted octanol–water partition coefficient (Wildman–Crippen LogP) is 1.01. The predicted molar refractivity (Wildman–Crippen MR) is 57.8 cm³/mol. The second kappa shape index (κ2) is 3.73. The van der Waals surface area contributed by atoms with E-state index < -0.39 is 0 Å². The molecule has 0 aliphatic heterocycles. The summed E-state index contributed by atoms with van der Waals surface area (Å²) >= 11 is 0. The minimum Gasteiger partial charge on any atom is -0.354 e. The molecule has 0 radical (unpaired) electrons. The Morgan fingerprint density at radius 3 is 3.00 bits per heavy atom. The summed E-state index contributed by atoms with van der Waals surface area (Å²) in [6.07, 6.45) is 2.61. The lowest BCUT2D eigenvalue weighted by Gasteiger charge is -2.03. The first-order valence-electron chi connectivity index (χ1n) is 4.82. The average Bonchev–Trinajstić information content (AvgIpc) is 2.58. The zero-order chi connectivity index (χ0) is 10.8. The Balaban J connectivity index is 2.36. The van der Waals surface area contributed by atoms with Gasteiger partial charge in [-0.3, -0.25) is 4.79 Å². The van der Waals surface area contributed by atoms with Crippen LogP contribution in [0.3, 0.4) is 0 Å². The molecule has 0 unspecified atom stereocenters. The maximum atomic E-state index is 11.5. The number of aryl methyl sites for hydroxylation is 2. The zero-order valence-electron chi connectivity index (χ0n) is 8.82. The monoisotopic (exact) mass is 203 g/mol. The van der Waals surface area contributed by atoms with Crippen molar-refractivity contribution in [1.82, 2.24) is 14.8 Å². The van der Waals surface area contributed by atoms with Gasteiger partial charge in [-0.15, -0.1) is 0 Å². The summed E-state index contributed by atoms with van der Waals surface area (Å²) in [6.45, 7) is 1.87. The quantitative estimate of drug-likeness (QED) is 0.791. The molecule has 78 valence electrons. The normalized spacial score (nSPS) is 10.5. The Bertz CT molecular complexity index is 525.